The van der Waals surface area contributed by atoms with Crippen molar-refractivity contribution in [3.8, 4) is 0 Å². The Morgan fingerprint density at radius 3 is 2.57 bits per heavy atom. The van der Waals surface area contributed by atoms with Gasteiger partial charge in [-0.1, -0.05) is 0 Å². The summed E-state index contributed by atoms with van der Waals surface area (Å²) in [5.41, 5.74) is 1.11. The summed E-state index contributed by atoms with van der Waals surface area (Å²) in [7, 11) is 0. The topological polar surface area (TPSA) is 24.9 Å². The maximum absolute atomic E-state index is 12.1. The van der Waals surface area contributed by atoms with Crippen LogP contribution in [-0.4, -0.2) is 24.0 Å². The fourth-order valence-electron chi connectivity index (χ4n) is 1.08. The second kappa shape index (κ2) is 5.65. The molecule has 1 N–H and O–H groups in total. The van der Waals surface area contributed by atoms with E-state index in [1.807, 2.05) is 12.1 Å². The van der Waals surface area contributed by atoms with E-state index in [0.29, 0.717) is 6.54 Å². The van der Waals surface area contributed by atoms with Gasteiger partial charge in [-0.15, -0.1) is 0 Å². The Balaban J connectivity index is 2.22. The van der Waals surface area contributed by atoms with Gasteiger partial charge < -0.3 is 5.32 Å². The van der Waals surface area contributed by atoms with Crippen molar-refractivity contribution >= 4 is 0 Å². The van der Waals surface area contributed by atoms with Crippen LogP contribution in [0.25, 0.3) is 0 Å². The molecule has 1 unspecified atom stereocenters. The van der Waals surface area contributed by atoms with Gasteiger partial charge in [0, 0.05) is 12.4 Å². The molecule has 0 amide bonds. The quantitative estimate of drug-likeness (QED) is 0.784. The molecule has 0 aliphatic rings. The SMILES string of the molecule is CC(NCCc1ccncc1)C(F)F. The lowest BCUT2D eigenvalue weighted by Crippen LogP contribution is -2.33. The van der Waals surface area contributed by atoms with E-state index in [1.54, 1.807) is 12.4 Å². The predicted octanol–water partition coefficient (Wildman–Crippen LogP) is 1.87. The van der Waals surface area contributed by atoms with Crippen LogP contribution in [0.4, 0.5) is 8.78 Å². The highest BCUT2D eigenvalue weighted by Crippen LogP contribution is 2.00. The lowest BCUT2D eigenvalue weighted by Gasteiger charge is -2.11. The van der Waals surface area contributed by atoms with Crippen molar-refractivity contribution in [3.63, 3.8) is 0 Å². The van der Waals surface area contributed by atoms with E-state index in [2.05, 4.69) is 10.3 Å². The highest BCUT2D eigenvalue weighted by molar-refractivity contribution is 5.09. The number of nitrogens with zero attached hydrogens (tertiary/aromatic N) is 1. The van der Waals surface area contributed by atoms with E-state index in [-0.39, 0.29) is 0 Å². The van der Waals surface area contributed by atoms with Gasteiger partial charge in [-0.3, -0.25) is 4.98 Å². The minimum Gasteiger partial charge on any atom is -0.309 e. The molecule has 0 saturated heterocycles. The Bertz CT molecular complexity index is 252. The standard InChI is InChI=1S/C10H14F2N2/c1-8(10(11)12)14-7-4-9-2-5-13-6-3-9/h2-3,5-6,8,10,14H,4,7H2,1H3. The molecule has 0 bridgehead atoms. The molecular weight excluding hydrogens is 186 g/mol. The van der Waals surface area contributed by atoms with Crippen molar-refractivity contribution < 1.29 is 8.78 Å². The summed E-state index contributed by atoms with van der Waals surface area (Å²) in [5, 5.41) is 2.76. The second-order valence-corrected chi connectivity index (χ2v) is 3.18. The molecule has 0 aliphatic heterocycles. The number of halogens is 2. The van der Waals surface area contributed by atoms with E-state index in [1.165, 1.54) is 6.92 Å². The first kappa shape index (κ1) is 11.0. The smallest absolute Gasteiger partial charge is 0.253 e. The molecule has 0 radical (unpaired) electrons. The number of alkyl halides is 2. The Morgan fingerprint density at radius 1 is 1.36 bits per heavy atom. The molecule has 2 nitrogen and oxygen atoms in total. The summed E-state index contributed by atoms with van der Waals surface area (Å²) >= 11 is 0. The van der Waals surface area contributed by atoms with Gasteiger partial charge in [0.1, 0.15) is 0 Å². The Kier molecular flexibility index (Phi) is 4.46. The minimum absolute atomic E-state index is 0.565. The number of hydrogen-bond donors (Lipinski definition) is 1. The van der Waals surface area contributed by atoms with Gasteiger partial charge >= 0.3 is 0 Å². The van der Waals surface area contributed by atoms with Crippen LogP contribution in [0.5, 0.6) is 0 Å². The number of hydrogen-bond acceptors (Lipinski definition) is 2. The van der Waals surface area contributed by atoms with Crippen LogP contribution in [0.2, 0.25) is 0 Å². The Morgan fingerprint density at radius 2 is 2.00 bits per heavy atom. The zero-order valence-corrected chi connectivity index (χ0v) is 8.08. The largest absolute Gasteiger partial charge is 0.309 e. The first-order chi connectivity index (χ1) is 6.70. The van der Waals surface area contributed by atoms with Crippen LogP contribution in [0.1, 0.15) is 12.5 Å². The fourth-order valence-corrected chi connectivity index (χ4v) is 1.08. The summed E-state index contributed by atoms with van der Waals surface area (Å²) in [4.78, 5) is 3.88. The van der Waals surface area contributed by atoms with Crippen LogP contribution in [-0.2, 0) is 6.42 Å². The van der Waals surface area contributed by atoms with Crippen molar-refractivity contribution in [2.45, 2.75) is 25.8 Å². The molecule has 0 spiro atoms. The number of nitrogens with one attached hydrogen (secondary N) is 1. The van der Waals surface area contributed by atoms with Crippen molar-refractivity contribution in [2.24, 2.45) is 0 Å². The van der Waals surface area contributed by atoms with Crippen LogP contribution in [0, 0.1) is 0 Å². The maximum atomic E-state index is 12.1. The van der Waals surface area contributed by atoms with E-state index in [9.17, 15) is 8.78 Å². The molecule has 14 heavy (non-hydrogen) atoms. The van der Waals surface area contributed by atoms with Gasteiger partial charge in [0.25, 0.3) is 6.43 Å². The predicted molar refractivity (Wildman–Crippen MR) is 51.4 cm³/mol. The third kappa shape index (κ3) is 3.79. The molecule has 1 atom stereocenters. The highest BCUT2D eigenvalue weighted by atomic mass is 19.3. The lowest BCUT2D eigenvalue weighted by molar-refractivity contribution is 0.106. The van der Waals surface area contributed by atoms with E-state index in [0.717, 1.165) is 12.0 Å². The summed E-state index contributed by atoms with van der Waals surface area (Å²) in [6.07, 6.45) is 1.85. The van der Waals surface area contributed by atoms with Crippen molar-refractivity contribution in [1.82, 2.24) is 10.3 Å². The summed E-state index contributed by atoms with van der Waals surface area (Å²) in [6, 6.07) is 3.03. The van der Waals surface area contributed by atoms with Crippen molar-refractivity contribution in [1.29, 1.82) is 0 Å². The minimum atomic E-state index is -2.30. The Labute approximate surface area is 82.4 Å². The van der Waals surface area contributed by atoms with Crippen LogP contribution < -0.4 is 5.32 Å². The molecule has 1 aromatic rings. The fraction of sp³-hybridized carbons (Fsp3) is 0.500. The van der Waals surface area contributed by atoms with E-state index in [4.69, 9.17) is 0 Å². The number of pyridine rings is 1. The third-order valence-corrected chi connectivity index (χ3v) is 2.01. The monoisotopic (exact) mass is 200 g/mol. The third-order valence-electron chi connectivity index (χ3n) is 2.01. The zero-order chi connectivity index (χ0) is 10.4. The average molecular weight is 200 g/mol. The summed E-state index contributed by atoms with van der Waals surface area (Å²) < 4.78 is 24.2. The molecule has 1 rings (SSSR count). The molecule has 4 heteroatoms. The van der Waals surface area contributed by atoms with Crippen LogP contribution >= 0.6 is 0 Å². The van der Waals surface area contributed by atoms with Crippen molar-refractivity contribution in [2.75, 3.05) is 6.54 Å². The molecule has 78 valence electrons. The van der Waals surface area contributed by atoms with Crippen LogP contribution in [0.15, 0.2) is 24.5 Å². The Hall–Kier alpha value is -1.03. The molecule has 1 aromatic heterocycles. The summed E-state index contributed by atoms with van der Waals surface area (Å²) in [6.45, 7) is 2.05. The zero-order valence-electron chi connectivity index (χ0n) is 8.08. The van der Waals surface area contributed by atoms with Crippen LogP contribution in [0.3, 0.4) is 0 Å². The maximum Gasteiger partial charge on any atom is 0.253 e. The van der Waals surface area contributed by atoms with Gasteiger partial charge in [0.2, 0.25) is 0 Å². The molecule has 0 fully saturated rings. The molecule has 1 heterocycles. The van der Waals surface area contributed by atoms with Gasteiger partial charge in [-0.25, -0.2) is 8.78 Å². The summed E-state index contributed by atoms with van der Waals surface area (Å²) in [5.74, 6) is 0. The van der Waals surface area contributed by atoms with Gasteiger partial charge in [-0.2, -0.15) is 0 Å². The molecule has 0 saturated carbocycles. The van der Waals surface area contributed by atoms with Gasteiger partial charge in [0.15, 0.2) is 0 Å². The molecular formula is C10H14F2N2. The number of rotatable bonds is 5. The second-order valence-electron chi connectivity index (χ2n) is 3.18. The van der Waals surface area contributed by atoms with Gasteiger partial charge in [0.05, 0.1) is 6.04 Å². The lowest BCUT2D eigenvalue weighted by atomic mass is 10.2. The molecule has 0 aliphatic carbocycles. The first-order valence-corrected chi connectivity index (χ1v) is 4.60. The van der Waals surface area contributed by atoms with Crippen molar-refractivity contribution in [3.05, 3.63) is 30.1 Å². The van der Waals surface area contributed by atoms with Gasteiger partial charge in [-0.05, 0) is 37.6 Å². The van der Waals surface area contributed by atoms with E-state index < -0.39 is 12.5 Å². The average Bonchev–Trinajstić information content (AvgIpc) is 2.19. The molecule has 0 aromatic carbocycles. The normalized spacial score (nSPS) is 13.1. The van der Waals surface area contributed by atoms with E-state index >= 15 is 0 Å². The highest BCUT2D eigenvalue weighted by Gasteiger charge is 2.12. The first-order valence-electron chi connectivity index (χ1n) is 4.60. The number of aromatic nitrogens is 1.